The number of aromatic amines is 1. The zero-order chi connectivity index (χ0) is 36.3. The molecule has 2 atom stereocenters. The molecule has 6 rings (SSSR count). The monoisotopic (exact) mass is 738 g/mol. The number of benzene rings is 2. The average molecular weight is 739 g/mol. The Balaban J connectivity index is 1.09. The lowest BCUT2D eigenvalue weighted by atomic mass is 10.2. The van der Waals surface area contributed by atoms with E-state index in [9.17, 15) is 27.6 Å². The smallest absolute Gasteiger partial charge is 0.414 e. The second-order valence-corrected chi connectivity index (χ2v) is 14.5. The number of carbonyl (C=O) groups excluding carboxylic acids is 3. The van der Waals surface area contributed by atoms with Gasteiger partial charge in [0.15, 0.2) is 17.3 Å². The van der Waals surface area contributed by atoms with Crippen molar-refractivity contribution in [1.82, 2.24) is 24.2 Å². The molecular weight excluding hydrogens is 705 g/mol. The van der Waals surface area contributed by atoms with E-state index in [1.165, 1.54) is 41.4 Å². The lowest BCUT2D eigenvalue weighted by Crippen LogP contribution is -2.58. The number of sulfonamides is 1. The van der Waals surface area contributed by atoms with Crippen molar-refractivity contribution in [2.75, 3.05) is 62.6 Å². The van der Waals surface area contributed by atoms with Crippen molar-refractivity contribution in [3.8, 4) is 11.5 Å². The van der Waals surface area contributed by atoms with E-state index in [0.717, 1.165) is 9.01 Å². The number of methoxy groups -OCH3 is 2. The van der Waals surface area contributed by atoms with Gasteiger partial charge in [-0.2, -0.15) is 9.29 Å². The number of carbonyl (C=O) groups is 3. The van der Waals surface area contributed by atoms with Crippen LogP contribution in [-0.2, 0) is 31.0 Å². The number of thiazole rings is 1. The number of piperazine rings is 1. The van der Waals surface area contributed by atoms with E-state index in [4.69, 9.17) is 14.2 Å². The van der Waals surface area contributed by atoms with E-state index < -0.39 is 38.9 Å². The van der Waals surface area contributed by atoms with Crippen molar-refractivity contribution in [1.29, 1.82) is 0 Å². The summed E-state index contributed by atoms with van der Waals surface area (Å²) in [4.78, 5) is 65.2. The Kier molecular flexibility index (Phi) is 10.2. The second-order valence-electron chi connectivity index (χ2n) is 11.4. The van der Waals surface area contributed by atoms with Crippen LogP contribution < -0.4 is 30.6 Å². The van der Waals surface area contributed by atoms with E-state index in [-0.39, 0.29) is 56.9 Å². The number of aromatic nitrogens is 3. The maximum absolute atomic E-state index is 13.8. The van der Waals surface area contributed by atoms with Crippen LogP contribution in [-0.4, -0.2) is 104 Å². The molecule has 1 saturated heterocycles. The van der Waals surface area contributed by atoms with Crippen molar-refractivity contribution < 1.29 is 37.0 Å². The van der Waals surface area contributed by atoms with Crippen LogP contribution in [0.2, 0.25) is 0 Å². The minimum atomic E-state index is -4.12. The number of rotatable bonds is 12. The number of aldehydes is 1. The number of amides is 2. The minimum Gasteiger partial charge on any atom is -0.493 e. The summed E-state index contributed by atoms with van der Waals surface area (Å²) in [6.45, 7) is 3.13. The summed E-state index contributed by atoms with van der Waals surface area (Å²) in [5, 5.41) is 4.43. The summed E-state index contributed by atoms with van der Waals surface area (Å²) in [5.74, 6) is 0.452. The third-order valence-corrected chi connectivity index (χ3v) is 11.7. The van der Waals surface area contributed by atoms with Gasteiger partial charge in [-0.3, -0.25) is 19.9 Å². The number of fused-ring (bicyclic) bond motifs is 2. The first kappa shape index (κ1) is 35.3. The van der Waals surface area contributed by atoms with Gasteiger partial charge in [-0.25, -0.2) is 18.2 Å². The van der Waals surface area contributed by atoms with Crippen molar-refractivity contribution >= 4 is 67.3 Å². The van der Waals surface area contributed by atoms with Gasteiger partial charge in [0.1, 0.15) is 35.4 Å². The molecule has 268 valence electrons. The molecule has 2 aromatic heterocycles. The first-order chi connectivity index (χ1) is 24.6. The predicted molar refractivity (Wildman–Crippen MR) is 189 cm³/mol. The van der Waals surface area contributed by atoms with Gasteiger partial charge in [0, 0.05) is 19.6 Å². The van der Waals surface area contributed by atoms with Gasteiger partial charge in [0.2, 0.25) is 21.9 Å². The van der Waals surface area contributed by atoms with Gasteiger partial charge in [0.05, 0.1) is 37.1 Å². The molecule has 0 saturated carbocycles. The topological polar surface area (TPSA) is 205 Å². The number of hydrogen-bond donors (Lipinski definition) is 3. The van der Waals surface area contributed by atoms with Crippen LogP contribution in [0.4, 0.5) is 22.2 Å². The largest absolute Gasteiger partial charge is 0.493 e. The van der Waals surface area contributed by atoms with Crippen molar-refractivity contribution in [3.63, 3.8) is 0 Å². The Labute approximate surface area is 295 Å². The Hall–Kier alpha value is -5.53. The lowest BCUT2D eigenvalue weighted by Gasteiger charge is -2.39. The summed E-state index contributed by atoms with van der Waals surface area (Å²) < 4.78 is 45.3. The van der Waals surface area contributed by atoms with Crippen molar-refractivity contribution in [2.45, 2.75) is 17.9 Å². The van der Waals surface area contributed by atoms with E-state index in [1.807, 2.05) is 18.2 Å². The highest BCUT2D eigenvalue weighted by Crippen LogP contribution is 2.35. The third kappa shape index (κ3) is 7.21. The number of anilines is 3. The normalized spacial score (nSPS) is 16.5. The predicted octanol–water partition coefficient (Wildman–Crippen LogP) is 2.30. The van der Waals surface area contributed by atoms with Crippen LogP contribution in [0.25, 0.3) is 10.2 Å². The number of nitrogens with one attached hydrogen (secondary N) is 3. The Morgan fingerprint density at radius 1 is 1.14 bits per heavy atom. The molecular formula is C32H34N8O9S2. The van der Waals surface area contributed by atoms with E-state index >= 15 is 0 Å². The highest BCUT2D eigenvalue weighted by Gasteiger charge is 2.42. The summed E-state index contributed by atoms with van der Waals surface area (Å²) in [6.07, 6.45) is 0.905. The maximum Gasteiger partial charge on any atom is 0.414 e. The van der Waals surface area contributed by atoms with Crippen molar-refractivity contribution in [3.05, 3.63) is 76.0 Å². The minimum absolute atomic E-state index is 0.0156. The van der Waals surface area contributed by atoms with Crippen LogP contribution in [0.15, 0.2) is 59.9 Å². The Morgan fingerprint density at radius 2 is 1.92 bits per heavy atom. The van der Waals surface area contributed by atoms with Gasteiger partial charge >= 0.3 is 6.09 Å². The number of hydrogen-bond acceptors (Lipinski definition) is 14. The lowest BCUT2D eigenvalue weighted by molar-refractivity contribution is -0.132. The van der Waals surface area contributed by atoms with Crippen LogP contribution in [0.5, 0.6) is 11.5 Å². The molecule has 0 radical (unpaired) electrons. The first-order valence-electron chi connectivity index (χ1n) is 15.6. The Bertz CT molecular complexity index is 2120. The van der Waals surface area contributed by atoms with Crippen LogP contribution in [0, 0.1) is 0 Å². The molecule has 1 fully saturated rings. The molecule has 2 aromatic carbocycles. The zero-order valence-corrected chi connectivity index (χ0v) is 29.2. The van der Waals surface area contributed by atoms with E-state index in [0.29, 0.717) is 33.9 Å². The fourth-order valence-electron chi connectivity index (χ4n) is 5.76. The Morgan fingerprint density at radius 3 is 2.65 bits per heavy atom. The molecule has 0 spiro atoms. The SMILES string of the molecule is C=CC(c1nc2ccccc2s1)S(=O)(=O)N1CCN(C(=O)CN2CNc3c2nc(NC(=O)OCc2ccc(OC)c(OC)c2)[nH]c3=O)CC1C=O. The third-order valence-electron chi connectivity index (χ3n) is 8.30. The average Bonchev–Trinajstić information content (AvgIpc) is 3.74. The number of nitrogens with zero attached hydrogens (tertiary/aromatic N) is 5. The van der Waals surface area contributed by atoms with Gasteiger partial charge in [-0.1, -0.05) is 24.3 Å². The highest BCUT2D eigenvalue weighted by atomic mass is 32.2. The highest BCUT2D eigenvalue weighted by molar-refractivity contribution is 7.89. The van der Waals surface area contributed by atoms with Gasteiger partial charge < -0.3 is 34.1 Å². The van der Waals surface area contributed by atoms with E-state index in [2.05, 4.69) is 32.2 Å². The quantitative estimate of drug-likeness (QED) is 0.141. The van der Waals surface area contributed by atoms with Crippen molar-refractivity contribution in [2.24, 2.45) is 0 Å². The summed E-state index contributed by atoms with van der Waals surface area (Å²) in [6, 6.07) is 11.2. The molecule has 3 N–H and O–H groups in total. The van der Waals surface area contributed by atoms with Gasteiger partial charge in [-0.05, 0) is 29.8 Å². The fourth-order valence-corrected chi connectivity index (χ4v) is 8.89. The molecule has 2 aliphatic heterocycles. The summed E-state index contributed by atoms with van der Waals surface area (Å²) in [7, 11) is -1.14. The molecule has 4 heterocycles. The van der Waals surface area contributed by atoms with Crippen LogP contribution >= 0.6 is 11.3 Å². The summed E-state index contributed by atoms with van der Waals surface area (Å²) in [5.41, 5.74) is 0.787. The molecule has 4 aromatic rings. The molecule has 0 aliphatic carbocycles. The number of ether oxygens (including phenoxy) is 3. The molecule has 2 aliphatic rings. The van der Waals surface area contributed by atoms with Gasteiger partial charge in [0.25, 0.3) is 5.56 Å². The standard InChI is InChI=1S/C32H34N8O9S2/c1-4-25(30-34-21-7-5-6-8-24(21)50-30)51(45,46)40-12-11-38(14-20(40)16-41)26(42)15-39-18-33-27-28(39)35-31(36-29(27)43)37-32(44)49-17-19-9-10-22(47-2)23(13-19)48-3/h4-10,13,16,20,25,33H,1,11-12,14-15,17-18H2,2-3H3,(H2,35,36,37,43,44). The zero-order valence-electron chi connectivity index (χ0n) is 27.5. The first-order valence-corrected chi connectivity index (χ1v) is 17.9. The summed E-state index contributed by atoms with van der Waals surface area (Å²) >= 11 is 1.23. The molecule has 51 heavy (non-hydrogen) atoms. The number of H-pyrrole nitrogens is 1. The molecule has 19 heteroatoms. The van der Waals surface area contributed by atoms with E-state index in [1.54, 1.807) is 24.3 Å². The van der Waals surface area contributed by atoms with Gasteiger partial charge in [-0.15, -0.1) is 17.9 Å². The fraction of sp³-hybridized carbons (Fsp3) is 0.312. The van der Waals surface area contributed by atoms with Crippen LogP contribution in [0.3, 0.4) is 0 Å². The second kappa shape index (κ2) is 14.8. The molecule has 17 nitrogen and oxygen atoms in total. The van der Waals surface area contributed by atoms with Crippen LogP contribution in [0.1, 0.15) is 15.8 Å². The molecule has 2 amide bonds. The number of para-hydroxylation sites is 1. The molecule has 2 unspecified atom stereocenters. The molecule has 0 bridgehead atoms. The maximum atomic E-state index is 13.8.